The quantitative estimate of drug-likeness (QED) is 0.155. The Labute approximate surface area is 229 Å². The van der Waals surface area contributed by atoms with Gasteiger partial charge < -0.3 is 40.2 Å². The maximum absolute atomic E-state index is 10.5. The van der Waals surface area contributed by atoms with Crippen LogP contribution in [0.1, 0.15) is 66.7 Å². The van der Waals surface area contributed by atoms with Gasteiger partial charge >= 0.3 is 0 Å². The topological polar surface area (TPSA) is 153 Å². The van der Waals surface area contributed by atoms with Crippen molar-refractivity contribution in [3.8, 4) is 0 Å². The normalized spacial score (nSPS) is 9.74. The van der Waals surface area contributed by atoms with Crippen molar-refractivity contribution >= 4 is 23.6 Å². The molecule has 0 aromatic rings. The van der Waals surface area contributed by atoms with Crippen LogP contribution in [-0.4, -0.2) is 103 Å². The summed E-state index contributed by atoms with van der Waals surface area (Å²) in [5, 5.41) is 10.7. The number of amides is 4. The number of ether oxygens (including phenoxy) is 4. The molecule has 4 amide bonds. The fourth-order valence-corrected chi connectivity index (χ4v) is 2.35. The highest BCUT2D eigenvalue weighted by Crippen LogP contribution is 1.88. The number of hydrogen-bond acceptors (Lipinski definition) is 8. The Bertz CT molecular complexity index is 545. The molecule has 0 bridgehead atoms. The van der Waals surface area contributed by atoms with Gasteiger partial charge in [0, 0.05) is 87.4 Å². The lowest BCUT2D eigenvalue weighted by Gasteiger charge is -2.05. The highest BCUT2D eigenvalue weighted by atomic mass is 16.5. The van der Waals surface area contributed by atoms with Gasteiger partial charge in [0.2, 0.25) is 23.6 Å². The molecule has 0 atom stereocenters. The Morgan fingerprint density at radius 2 is 0.842 bits per heavy atom. The van der Waals surface area contributed by atoms with Crippen molar-refractivity contribution in [1.29, 1.82) is 0 Å². The fourth-order valence-electron chi connectivity index (χ4n) is 2.35. The van der Waals surface area contributed by atoms with Crippen LogP contribution in [0.25, 0.3) is 0 Å². The van der Waals surface area contributed by atoms with Crippen LogP contribution in [-0.2, 0) is 38.1 Å². The minimum absolute atomic E-state index is 0.00146. The lowest BCUT2D eigenvalue weighted by molar-refractivity contribution is -0.120. The van der Waals surface area contributed by atoms with E-state index in [-0.39, 0.29) is 23.6 Å². The van der Waals surface area contributed by atoms with E-state index in [1.807, 2.05) is 0 Å². The Morgan fingerprint density at radius 1 is 0.474 bits per heavy atom. The fraction of sp³-hybridized carbons (Fsp3) is 0.846. The van der Waals surface area contributed by atoms with Crippen molar-refractivity contribution < 1.29 is 38.1 Å². The summed E-state index contributed by atoms with van der Waals surface area (Å²) in [6.07, 6.45) is 4.98. The van der Waals surface area contributed by atoms with E-state index in [9.17, 15) is 19.2 Å². The monoisotopic (exact) mass is 550 g/mol. The number of unbranched alkanes of at least 4 members (excludes halogenated alkanes) is 2. The molecule has 0 heterocycles. The summed E-state index contributed by atoms with van der Waals surface area (Å²) in [6, 6.07) is 0. The Kier molecular flexibility index (Phi) is 36.7. The molecule has 0 aliphatic rings. The van der Waals surface area contributed by atoms with Gasteiger partial charge in [0.15, 0.2) is 0 Å². The molecule has 0 aromatic heterocycles. The van der Waals surface area contributed by atoms with E-state index in [4.69, 9.17) is 18.9 Å². The average Bonchev–Trinajstić information content (AvgIpc) is 2.85. The smallest absolute Gasteiger partial charge is 0.216 e. The molecule has 0 aliphatic heterocycles. The van der Waals surface area contributed by atoms with Gasteiger partial charge in [0.25, 0.3) is 0 Å². The van der Waals surface area contributed by atoms with Crippen molar-refractivity contribution in [3.05, 3.63) is 0 Å². The summed E-state index contributed by atoms with van der Waals surface area (Å²) in [5.74, 6) is -0.0505. The first-order chi connectivity index (χ1) is 18.2. The highest BCUT2D eigenvalue weighted by molar-refractivity contribution is 5.73. The second-order valence-electron chi connectivity index (χ2n) is 8.18. The number of hydrogen-bond donors (Lipinski definition) is 4. The molecule has 0 spiro atoms. The van der Waals surface area contributed by atoms with Crippen LogP contribution in [0.5, 0.6) is 0 Å². The van der Waals surface area contributed by atoms with Crippen LogP contribution in [0, 0.1) is 0 Å². The Hall–Kier alpha value is -2.28. The number of carbonyl (C=O) groups excluding carboxylic acids is 4. The molecule has 0 fully saturated rings. The number of methoxy groups -OCH3 is 1. The molecule has 0 saturated carbocycles. The minimum Gasteiger partial charge on any atom is -0.385 e. The molecule has 0 aliphatic carbocycles. The molecule has 226 valence electrons. The molecule has 0 saturated heterocycles. The molecule has 0 rings (SSSR count). The van der Waals surface area contributed by atoms with Crippen molar-refractivity contribution in [1.82, 2.24) is 21.3 Å². The highest BCUT2D eigenvalue weighted by Gasteiger charge is 1.94. The van der Waals surface area contributed by atoms with Crippen LogP contribution < -0.4 is 21.3 Å². The van der Waals surface area contributed by atoms with Crippen molar-refractivity contribution in [2.24, 2.45) is 0 Å². The maximum Gasteiger partial charge on any atom is 0.216 e. The van der Waals surface area contributed by atoms with Crippen LogP contribution in [0.3, 0.4) is 0 Å². The van der Waals surface area contributed by atoms with E-state index in [0.29, 0.717) is 59.2 Å². The third kappa shape index (κ3) is 50.6. The summed E-state index contributed by atoms with van der Waals surface area (Å²) >= 11 is 0. The second-order valence-corrected chi connectivity index (χ2v) is 8.18. The maximum atomic E-state index is 10.5. The van der Waals surface area contributed by atoms with E-state index in [1.165, 1.54) is 27.7 Å². The van der Waals surface area contributed by atoms with Crippen LogP contribution in [0.4, 0.5) is 0 Å². The summed E-state index contributed by atoms with van der Waals surface area (Å²) < 4.78 is 20.5. The molecular weight excluding hydrogens is 496 g/mol. The van der Waals surface area contributed by atoms with Gasteiger partial charge in [0.1, 0.15) is 0 Å². The molecule has 12 nitrogen and oxygen atoms in total. The molecule has 0 radical (unpaired) electrons. The first-order valence-corrected chi connectivity index (χ1v) is 13.4. The Morgan fingerprint density at radius 3 is 1.21 bits per heavy atom. The first kappa shape index (κ1) is 40.2. The lowest BCUT2D eigenvalue weighted by Crippen LogP contribution is -2.24. The zero-order valence-corrected chi connectivity index (χ0v) is 24.6. The van der Waals surface area contributed by atoms with E-state index >= 15 is 0 Å². The van der Waals surface area contributed by atoms with Crippen molar-refractivity contribution in [3.63, 3.8) is 0 Å². The lowest BCUT2D eigenvalue weighted by atomic mass is 10.3. The van der Waals surface area contributed by atoms with Crippen LogP contribution in [0.15, 0.2) is 0 Å². The van der Waals surface area contributed by atoms with Gasteiger partial charge in [-0.1, -0.05) is 13.3 Å². The predicted molar refractivity (Wildman–Crippen MR) is 148 cm³/mol. The van der Waals surface area contributed by atoms with E-state index in [2.05, 4.69) is 28.2 Å². The van der Waals surface area contributed by atoms with Gasteiger partial charge in [-0.3, -0.25) is 19.2 Å². The van der Waals surface area contributed by atoms with E-state index in [0.717, 1.165) is 45.3 Å². The van der Waals surface area contributed by atoms with E-state index in [1.54, 1.807) is 7.11 Å². The second kappa shape index (κ2) is 34.7. The summed E-state index contributed by atoms with van der Waals surface area (Å²) in [6.45, 7) is 15.2. The van der Waals surface area contributed by atoms with Gasteiger partial charge in [-0.05, 0) is 25.7 Å². The van der Waals surface area contributed by atoms with Gasteiger partial charge in [-0.2, -0.15) is 0 Å². The molecule has 0 unspecified atom stereocenters. The zero-order valence-electron chi connectivity index (χ0n) is 24.6. The van der Waals surface area contributed by atoms with Crippen LogP contribution in [0.2, 0.25) is 0 Å². The number of carbonyl (C=O) groups is 4. The molecule has 0 aromatic carbocycles. The van der Waals surface area contributed by atoms with Crippen LogP contribution >= 0.6 is 0 Å². The van der Waals surface area contributed by atoms with Crippen molar-refractivity contribution in [2.75, 3.05) is 79.5 Å². The molecule has 38 heavy (non-hydrogen) atoms. The number of rotatable bonds is 21. The minimum atomic E-state index is -0.0377. The third-order valence-corrected chi connectivity index (χ3v) is 4.23. The van der Waals surface area contributed by atoms with E-state index < -0.39 is 0 Å². The van der Waals surface area contributed by atoms with Gasteiger partial charge in [-0.15, -0.1) is 0 Å². The zero-order chi connectivity index (χ0) is 29.3. The number of nitrogens with one attached hydrogen (secondary N) is 4. The van der Waals surface area contributed by atoms with Gasteiger partial charge in [0.05, 0.1) is 19.8 Å². The first-order valence-electron chi connectivity index (χ1n) is 13.4. The average molecular weight is 551 g/mol. The largest absolute Gasteiger partial charge is 0.385 e. The van der Waals surface area contributed by atoms with Crippen molar-refractivity contribution in [2.45, 2.75) is 66.7 Å². The summed E-state index contributed by atoms with van der Waals surface area (Å²) in [7, 11) is 1.66. The Balaban J connectivity index is -0.000000491. The van der Waals surface area contributed by atoms with Gasteiger partial charge in [-0.25, -0.2) is 0 Å². The predicted octanol–water partition coefficient (Wildman–Crippen LogP) is 1.17. The molecule has 4 N–H and O–H groups in total. The third-order valence-electron chi connectivity index (χ3n) is 4.23. The summed E-state index contributed by atoms with van der Waals surface area (Å²) in [5.41, 5.74) is 0. The standard InChI is InChI=1S/C10H20N2O3.C8H17NO3.C8H17NO2/c1-9(13)11-5-3-4-7-15-8-6-12-10(2)14;1-8(10)9-4-7-12-6-3-5-11-2;1-3-4-6-11-7-5-9-8(2)10/h3-8H2,1-2H3,(H,11,13)(H,12,14);3-7H2,1-2H3,(H,9,10);3-7H2,1-2H3,(H,9,10). The summed E-state index contributed by atoms with van der Waals surface area (Å²) in [4.78, 5) is 41.7. The molecular formula is C26H54N4O8. The SMILES string of the molecule is CC(=O)NCCCCOCCNC(C)=O.CCCCOCCNC(C)=O.COCCCOCCNC(C)=O. The molecule has 12 heteroatoms.